The van der Waals surface area contributed by atoms with E-state index in [0.717, 1.165) is 5.69 Å². The lowest BCUT2D eigenvalue weighted by molar-refractivity contribution is -0.156. The number of carbonyl (C=O) groups excluding carboxylic acids is 1. The molecule has 0 saturated heterocycles. The van der Waals surface area contributed by atoms with E-state index in [4.69, 9.17) is 4.74 Å². The van der Waals surface area contributed by atoms with Crippen LogP contribution >= 0.6 is 0 Å². The average molecular weight is 342 g/mol. The molecule has 2 aromatic heterocycles. The van der Waals surface area contributed by atoms with Gasteiger partial charge in [-0.15, -0.1) is 0 Å². The van der Waals surface area contributed by atoms with Gasteiger partial charge in [-0.1, -0.05) is 19.9 Å². The summed E-state index contributed by atoms with van der Waals surface area (Å²) in [6.07, 6.45) is 1.70. The predicted octanol–water partition coefficient (Wildman–Crippen LogP) is 3.63. The molecule has 0 unspecified atom stereocenters. The summed E-state index contributed by atoms with van der Waals surface area (Å²) in [5.41, 5.74) is 0.949. The summed E-state index contributed by atoms with van der Waals surface area (Å²) in [5, 5.41) is 3.20. The Balaban J connectivity index is 2.28. The lowest BCUT2D eigenvalue weighted by Crippen LogP contribution is -2.40. The van der Waals surface area contributed by atoms with Gasteiger partial charge in [0.2, 0.25) is 0 Å². The Morgan fingerprint density at radius 1 is 1.20 bits per heavy atom. The fourth-order valence-corrected chi connectivity index (χ4v) is 2.27. The number of aromatic nitrogens is 3. The summed E-state index contributed by atoms with van der Waals surface area (Å²) in [4.78, 5) is 25.7. The third kappa shape index (κ3) is 5.52. The van der Waals surface area contributed by atoms with Crippen molar-refractivity contribution in [2.24, 2.45) is 5.92 Å². The van der Waals surface area contributed by atoms with Gasteiger partial charge in [0, 0.05) is 18.0 Å². The number of anilines is 1. The van der Waals surface area contributed by atoms with Crippen LogP contribution in [0, 0.1) is 12.8 Å². The molecular formula is C19H26N4O2. The van der Waals surface area contributed by atoms with Crippen molar-refractivity contribution >= 4 is 11.8 Å². The van der Waals surface area contributed by atoms with Gasteiger partial charge in [0.05, 0.1) is 0 Å². The van der Waals surface area contributed by atoms with E-state index in [0.29, 0.717) is 17.3 Å². The predicted molar refractivity (Wildman–Crippen MR) is 98.1 cm³/mol. The van der Waals surface area contributed by atoms with Gasteiger partial charge in [0.25, 0.3) is 0 Å². The second-order valence-electron chi connectivity index (χ2n) is 7.33. The number of rotatable bonds is 5. The summed E-state index contributed by atoms with van der Waals surface area (Å²) in [7, 11) is 0. The zero-order valence-corrected chi connectivity index (χ0v) is 15.7. The van der Waals surface area contributed by atoms with Gasteiger partial charge in [-0.25, -0.2) is 14.8 Å². The second-order valence-corrected chi connectivity index (χ2v) is 7.33. The van der Waals surface area contributed by atoms with Crippen molar-refractivity contribution in [3.8, 4) is 11.5 Å². The molecule has 0 bridgehead atoms. The third-order valence-corrected chi connectivity index (χ3v) is 3.38. The molecule has 0 aliphatic rings. The largest absolute Gasteiger partial charge is 0.458 e. The summed E-state index contributed by atoms with van der Waals surface area (Å²) in [6.45, 7) is 11.4. The lowest BCUT2D eigenvalue weighted by Gasteiger charge is -2.27. The Morgan fingerprint density at radius 3 is 2.48 bits per heavy atom. The fourth-order valence-electron chi connectivity index (χ4n) is 2.27. The van der Waals surface area contributed by atoms with Crippen LogP contribution in [0.15, 0.2) is 30.5 Å². The van der Waals surface area contributed by atoms with Crippen molar-refractivity contribution in [2.45, 2.75) is 53.2 Å². The minimum absolute atomic E-state index is 0.0448. The highest BCUT2D eigenvalue weighted by Gasteiger charge is 2.28. The maximum absolute atomic E-state index is 12.5. The van der Waals surface area contributed by atoms with Gasteiger partial charge in [0.15, 0.2) is 5.82 Å². The summed E-state index contributed by atoms with van der Waals surface area (Å²) in [6, 6.07) is 6.90. The monoisotopic (exact) mass is 342 g/mol. The molecule has 1 atom stereocenters. The number of pyridine rings is 1. The van der Waals surface area contributed by atoms with E-state index in [2.05, 4.69) is 20.3 Å². The van der Waals surface area contributed by atoms with Crippen molar-refractivity contribution in [1.29, 1.82) is 0 Å². The Bertz CT molecular complexity index is 724. The van der Waals surface area contributed by atoms with E-state index < -0.39 is 11.6 Å². The van der Waals surface area contributed by atoms with Crippen LogP contribution in [0.5, 0.6) is 0 Å². The minimum Gasteiger partial charge on any atom is -0.458 e. The zero-order chi connectivity index (χ0) is 18.6. The SMILES string of the molecule is Cc1cc(N[C@H](C(=O)OC(C)(C)C)C(C)C)nc(-c2ccccn2)n1. The summed E-state index contributed by atoms with van der Waals surface area (Å²) in [5.74, 6) is 0.856. The van der Waals surface area contributed by atoms with E-state index in [1.165, 1.54) is 0 Å². The van der Waals surface area contributed by atoms with Crippen LogP contribution in [0.2, 0.25) is 0 Å². The van der Waals surface area contributed by atoms with Crippen LogP contribution < -0.4 is 5.32 Å². The van der Waals surface area contributed by atoms with Gasteiger partial charge in [-0.2, -0.15) is 0 Å². The lowest BCUT2D eigenvalue weighted by atomic mass is 10.0. The molecule has 25 heavy (non-hydrogen) atoms. The van der Waals surface area contributed by atoms with Crippen molar-refractivity contribution in [1.82, 2.24) is 15.0 Å². The molecule has 0 radical (unpaired) electrons. The smallest absolute Gasteiger partial charge is 0.329 e. The van der Waals surface area contributed by atoms with Crippen LogP contribution in [0.25, 0.3) is 11.5 Å². The molecule has 6 nitrogen and oxygen atoms in total. The summed E-state index contributed by atoms with van der Waals surface area (Å²) >= 11 is 0. The first-order chi connectivity index (χ1) is 11.7. The molecule has 134 valence electrons. The van der Waals surface area contributed by atoms with Crippen LogP contribution in [0.4, 0.5) is 5.82 Å². The van der Waals surface area contributed by atoms with E-state index in [9.17, 15) is 4.79 Å². The molecule has 0 aliphatic carbocycles. The molecular weight excluding hydrogens is 316 g/mol. The second kappa shape index (κ2) is 7.59. The van der Waals surface area contributed by atoms with Crippen LogP contribution in [-0.2, 0) is 9.53 Å². The van der Waals surface area contributed by atoms with E-state index in [1.807, 2.05) is 65.8 Å². The Morgan fingerprint density at radius 2 is 1.92 bits per heavy atom. The molecule has 0 aromatic carbocycles. The number of esters is 1. The van der Waals surface area contributed by atoms with E-state index >= 15 is 0 Å². The highest BCUT2D eigenvalue weighted by molar-refractivity contribution is 5.79. The topological polar surface area (TPSA) is 77.0 Å². The maximum atomic E-state index is 12.5. The van der Waals surface area contributed by atoms with E-state index in [-0.39, 0.29) is 11.9 Å². The van der Waals surface area contributed by atoms with Crippen LogP contribution in [0.3, 0.4) is 0 Å². The van der Waals surface area contributed by atoms with Gasteiger partial charge in [-0.05, 0) is 45.7 Å². The van der Waals surface area contributed by atoms with Crippen molar-refractivity contribution < 1.29 is 9.53 Å². The first-order valence-electron chi connectivity index (χ1n) is 8.42. The van der Waals surface area contributed by atoms with Crippen molar-refractivity contribution in [3.63, 3.8) is 0 Å². The number of hydrogen-bond donors (Lipinski definition) is 1. The Labute approximate surface area is 149 Å². The summed E-state index contributed by atoms with van der Waals surface area (Å²) < 4.78 is 5.52. The number of carbonyl (C=O) groups is 1. The Hall–Kier alpha value is -2.50. The van der Waals surface area contributed by atoms with Gasteiger partial charge in [0.1, 0.15) is 23.2 Å². The van der Waals surface area contributed by atoms with Crippen molar-refractivity contribution in [2.75, 3.05) is 5.32 Å². The number of aryl methyl sites for hydroxylation is 1. The fraction of sp³-hybridized carbons (Fsp3) is 0.474. The molecule has 1 N–H and O–H groups in total. The molecule has 0 saturated carbocycles. The van der Waals surface area contributed by atoms with Gasteiger partial charge < -0.3 is 10.1 Å². The number of nitrogens with one attached hydrogen (secondary N) is 1. The normalized spacial score (nSPS) is 12.8. The molecule has 0 spiro atoms. The average Bonchev–Trinajstić information content (AvgIpc) is 2.51. The first-order valence-corrected chi connectivity index (χ1v) is 8.42. The quantitative estimate of drug-likeness (QED) is 0.836. The molecule has 0 amide bonds. The van der Waals surface area contributed by atoms with Crippen molar-refractivity contribution in [3.05, 3.63) is 36.2 Å². The maximum Gasteiger partial charge on any atom is 0.329 e. The highest BCUT2D eigenvalue weighted by Crippen LogP contribution is 2.19. The number of nitrogens with zero attached hydrogens (tertiary/aromatic N) is 3. The van der Waals surface area contributed by atoms with E-state index in [1.54, 1.807) is 6.20 Å². The molecule has 0 aliphatic heterocycles. The zero-order valence-electron chi connectivity index (χ0n) is 15.7. The number of ether oxygens (including phenoxy) is 1. The van der Waals surface area contributed by atoms with Crippen LogP contribution in [0.1, 0.15) is 40.3 Å². The first kappa shape index (κ1) is 18.8. The third-order valence-electron chi connectivity index (χ3n) is 3.38. The molecule has 2 rings (SSSR count). The van der Waals surface area contributed by atoms with Crippen LogP contribution in [-0.4, -0.2) is 32.6 Å². The standard InChI is InChI=1S/C19H26N4O2/c1-12(2)16(18(24)25-19(4,5)6)22-15-11-13(3)21-17(23-15)14-9-7-8-10-20-14/h7-12,16H,1-6H3,(H,21,22,23)/t16-/m0/s1. The molecule has 2 heterocycles. The highest BCUT2D eigenvalue weighted by atomic mass is 16.6. The molecule has 0 fully saturated rings. The number of hydrogen-bond acceptors (Lipinski definition) is 6. The Kier molecular flexibility index (Phi) is 5.72. The van der Waals surface area contributed by atoms with Gasteiger partial charge >= 0.3 is 5.97 Å². The minimum atomic E-state index is -0.535. The molecule has 2 aromatic rings. The van der Waals surface area contributed by atoms with Gasteiger partial charge in [-0.3, -0.25) is 4.98 Å². The molecule has 6 heteroatoms.